The van der Waals surface area contributed by atoms with E-state index in [1.807, 2.05) is 6.92 Å². The highest BCUT2D eigenvalue weighted by Crippen LogP contribution is 2.25. The second kappa shape index (κ2) is 5.45. The first-order valence-electron chi connectivity index (χ1n) is 5.59. The third-order valence-electron chi connectivity index (χ3n) is 2.53. The van der Waals surface area contributed by atoms with Crippen LogP contribution in [-0.4, -0.2) is 15.0 Å². The molecule has 0 radical (unpaired) electrons. The molecule has 1 N–H and O–H groups in total. The lowest BCUT2D eigenvalue weighted by Gasteiger charge is -2.08. The first kappa shape index (κ1) is 13.0. The van der Waals surface area contributed by atoms with Crippen molar-refractivity contribution < 1.29 is 14.8 Å². The molecule has 0 unspecified atom stereocenters. The van der Waals surface area contributed by atoms with Gasteiger partial charge in [-0.05, 0) is 30.7 Å². The average Bonchev–Trinajstić information content (AvgIpc) is 2.41. The van der Waals surface area contributed by atoms with Gasteiger partial charge < -0.3 is 9.84 Å². The van der Waals surface area contributed by atoms with E-state index in [4.69, 9.17) is 9.84 Å². The number of nitro groups is 1. The zero-order valence-electron chi connectivity index (χ0n) is 10.2. The minimum atomic E-state index is -0.469. The molecule has 0 saturated heterocycles. The topological polar surface area (TPSA) is 85.5 Å². The van der Waals surface area contributed by atoms with E-state index in [1.54, 1.807) is 6.07 Å². The summed E-state index contributed by atoms with van der Waals surface area (Å²) in [5, 5.41) is 19.5. The SMILES string of the molecule is Cc1cc(CO)cnc1Oc1ccc([N+](=O)[O-])cc1. The van der Waals surface area contributed by atoms with Crippen molar-refractivity contribution in [1.82, 2.24) is 4.98 Å². The molecule has 19 heavy (non-hydrogen) atoms. The molecule has 2 aromatic rings. The van der Waals surface area contributed by atoms with E-state index in [1.165, 1.54) is 30.5 Å². The summed E-state index contributed by atoms with van der Waals surface area (Å²) < 4.78 is 5.53. The third-order valence-corrected chi connectivity index (χ3v) is 2.53. The molecule has 0 saturated carbocycles. The van der Waals surface area contributed by atoms with E-state index in [2.05, 4.69) is 4.98 Å². The molecule has 1 aromatic carbocycles. The van der Waals surface area contributed by atoms with E-state index in [0.29, 0.717) is 17.2 Å². The number of aryl methyl sites for hydroxylation is 1. The zero-order valence-corrected chi connectivity index (χ0v) is 10.2. The molecule has 1 aromatic heterocycles. The quantitative estimate of drug-likeness (QED) is 0.674. The van der Waals surface area contributed by atoms with Gasteiger partial charge in [-0.15, -0.1) is 0 Å². The lowest BCUT2D eigenvalue weighted by molar-refractivity contribution is -0.384. The number of non-ortho nitro benzene ring substituents is 1. The fourth-order valence-electron chi connectivity index (χ4n) is 1.56. The van der Waals surface area contributed by atoms with Crippen molar-refractivity contribution >= 4 is 5.69 Å². The Balaban J connectivity index is 2.19. The zero-order chi connectivity index (χ0) is 13.8. The summed E-state index contributed by atoms with van der Waals surface area (Å²) in [4.78, 5) is 14.1. The number of hydrogen-bond donors (Lipinski definition) is 1. The van der Waals surface area contributed by atoms with Crippen molar-refractivity contribution in [1.29, 1.82) is 0 Å². The van der Waals surface area contributed by atoms with Crippen molar-refractivity contribution in [3.05, 3.63) is 57.8 Å². The van der Waals surface area contributed by atoms with Crippen LogP contribution in [0.25, 0.3) is 0 Å². The van der Waals surface area contributed by atoms with Gasteiger partial charge in [-0.2, -0.15) is 0 Å². The second-order valence-corrected chi connectivity index (χ2v) is 3.98. The van der Waals surface area contributed by atoms with Crippen LogP contribution in [0.5, 0.6) is 11.6 Å². The largest absolute Gasteiger partial charge is 0.439 e. The number of aliphatic hydroxyl groups excluding tert-OH is 1. The van der Waals surface area contributed by atoms with Crippen LogP contribution in [0.4, 0.5) is 5.69 Å². The Morgan fingerprint density at radius 1 is 1.37 bits per heavy atom. The molecule has 0 aliphatic carbocycles. The number of nitro benzene ring substituents is 1. The van der Waals surface area contributed by atoms with Crippen LogP contribution in [-0.2, 0) is 6.61 Å². The number of nitrogens with zero attached hydrogens (tertiary/aromatic N) is 2. The van der Waals surface area contributed by atoms with Crippen LogP contribution in [0, 0.1) is 17.0 Å². The number of aliphatic hydroxyl groups is 1. The smallest absolute Gasteiger partial charge is 0.269 e. The molecule has 0 aliphatic heterocycles. The third kappa shape index (κ3) is 3.05. The Morgan fingerprint density at radius 3 is 2.58 bits per heavy atom. The van der Waals surface area contributed by atoms with Gasteiger partial charge in [0, 0.05) is 23.9 Å². The highest BCUT2D eigenvalue weighted by molar-refractivity contribution is 5.39. The number of ether oxygens (including phenoxy) is 1. The predicted molar refractivity (Wildman–Crippen MR) is 68.1 cm³/mol. The van der Waals surface area contributed by atoms with Gasteiger partial charge in [0.05, 0.1) is 11.5 Å². The fraction of sp³-hybridized carbons (Fsp3) is 0.154. The number of rotatable bonds is 4. The molecule has 0 atom stereocenters. The standard InChI is InChI=1S/C13H12N2O4/c1-9-6-10(8-16)7-14-13(9)19-12-4-2-11(3-5-12)15(17)18/h2-7,16H,8H2,1H3. The van der Waals surface area contributed by atoms with Gasteiger partial charge in [-0.25, -0.2) is 4.98 Å². The first-order valence-corrected chi connectivity index (χ1v) is 5.59. The van der Waals surface area contributed by atoms with Gasteiger partial charge in [0.25, 0.3) is 5.69 Å². The van der Waals surface area contributed by atoms with Crippen LogP contribution < -0.4 is 4.74 Å². The van der Waals surface area contributed by atoms with Crippen molar-refractivity contribution in [2.75, 3.05) is 0 Å². The second-order valence-electron chi connectivity index (χ2n) is 3.98. The molecule has 6 nitrogen and oxygen atoms in total. The molecule has 0 spiro atoms. The molecule has 0 bridgehead atoms. The summed E-state index contributed by atoms with van der Waals surface area (Å²) in [6, 6.07) is 7.53. The maximum absolute atomic E-state index is 10.5. The maximum Gasteiger partial charge on any atom is 0.269 e. The minimum Gasteiger partial charge on any atom is -0.439 e. The molecule has 0 amide bonds. The van der Waals surface area contributed by atoms with Crippen molar-refractivity contribution in [3.63, 3.8) is 0 Å². The van der Waals surface area contributed by atoms with Gasteiger partial charge in [0.15, 0.2) is 0 Å². The molecular weight excluding hydrogens is 248 g/mol. The van der Waals surface area contributed by atoms with Gasteiger partial charge in [0.1, 0.15) is 5.75 Å². The van der Waals surface area contributed by atoms with E-state index in [9.17, 15) is 10.1 Å². The molecule has 1 heterocycles. The molecule has 0 aliphatic rings. The Labute approximate surface area is 109 Å². The molecule has 2 rings (SSSR count). The van der Waals surface area contributed by atoms with Crippen molar-refractivity contribution in [2.45, 2.75) is 13.5 Å². The number of aromatic nitrogens is 1. The molecule has 6 heteroatoms. The molecular formula is C13H12N2O4. The van der Waals surface area contributed by atoms with E-state index in [-0.39, 0.29) is 12.3 Å². The van der Waals surface area contributed by atoms with Gasteiger partial charge in [0.2, 0.25) is 5.88 Å². The summed E-state index contributed by atoms with van der Waals surface area (Å²) in [6.07, 6.45) is 1.52. The monoisotopic (exact) mass is 260 g/mol. The van der Waals surface area contributed by atoms with Gasteiger partial charge >= 0.3 is 0 Å². The Bertz CT molecular complexity index is 596. The summed E-state index contributed by atoms with van der Waals surface area (Å²) in [7, 11) is 0. The highest BCUT2D eigenvalue weighted by Gasteiger charge is 2.07. The Kier molecular flexibility index (Phi) is 3.72. The number of benzene rings is 1. The Morgan fingerprint density at radius 2 is 2.05 bits per heavy atom. The predicted octanol–water partition coefficient (Wildman–Crippen LogP) is 2.58. The summed E-state index contributed by atoms with van der Waals surface area (Å²) in [6.45, 7) is 1.73. The van der Waals surface area contributed by atoms with Crippen LogP contribution in [0.3, 0.4) is 0 Å². The normalized spacial score (nSPS) is 10.2. The molecule has 98 valence electrons. The van der Waals surface area contributed by atoms with Crippen LogP contribution in [0.1, 0.15) is 11.1 Å². The summed E-state index contributed by atoms with van der Waals surface area (Å²) >= 11 is 0. The van der Waals surface area contributed by atoms with E-state index >= 15 is 0 Å². The van der Waals surface area contributed by atoms with Crippen LogP contribution in [0.15, 0.2) is 36.5 Å². The highest BCUT2D eigenvalue weighted by atomic mass is 16.6. The van der Waals surface area contributed by atoms with Crippen LogP contribution >= 0.6 is 0 Å². The number of pyridine rings is 1. The van der Waals surface area contributed by atoms with Crippen molar-refractivity contribution in [3.8, 4) is 11.6 Å². The lowest BCUT2D eigenvalue weighted by Crippen LogP contribution is -1.94. The maximum atomic E-state index is 10.5. The minimum absolute atomic E-state index is 0.00709. The van der Waals surface area contributed by atoms with Crippen LogP contribution in [0.2, 0.25) is 0 Å². The van der Waals surface area contributed by atoms with Crippen molar-refractivity contribution in [2.24, 2.45) is 0 Å². The fourth-order valence-corrected chi connectivity index (χ4v) is 1.56. The van der Waals surface area contributed by atoms with Gasteiger partial charge in [-0.1, -0.05) is 0 Å². The average molecular weight is 260 g/mol. The van der Waals surface area contributed by atoms with Gasteiger partial charge in [-0.3, -0.25) is 10.1 Å². The molecule has 0 fully saturated rings. The lowest BCUT2D eigenvalue weighted by atomic mass is 10.2. The van der Waals surface area contributed by atoms with E-state index < -0.39 is 4.92 Å². The Hall–Kier alpha value is -2.47. The summed E-state index contributed by atoms with van der Waals surface area (Å²) in [5.74, 6) is 0.879. The number of hydrogen-bond acceptors (Lipinski definition) is 5. The van der Waals surface area contributed by atoms with E-state index in [0.717, 1.165) is 5.56 Å². The first-order chi connectivity index (χ1) is 9.10. The summed E-state index contributed by atoms with van der Waals surface area (Å²) in [5.41, 5.74) is 1.49.